The summed E-state index contributed by atoms with van der Waals surface area (Å²) in [6.07, 6.45) is 0. The van der Waals surface area contributed by atoms with Crippen LogP contribution in [0.4, 0.5) is 0 Å². The molecule has 1 heterocycles. The zero-order valence-corrected chi connectivity index (χ0v) is 13.2. The number of phenolic OH excluding ortho intramolecular Hbond substituents is 1. The number of ether oxygens (including phenoxy) is 3. The maximum Gasteiger partial charge on any atom is 0.342 e. The van der Waals surface area contributed by atoms with E-state index < -0.39 is 18.4 Å². The lowest BCUT2D eigenvalue weighted by atomic mass is 10.1. The van der Waals surface area contributed by atoms with Crippen LogP contribution in [0.5, 0.6) is 17.2 Å². The number of esters is 1. The van der Waals surface area contributed by atoms with Crippen LogP contribution >= 0.6 is 11.6 Å². The normalized spacial score (nSPS) is 12.5. The number of aromatic hydroxyl groups is 1. The number of fused-ring (bicyclic) bond motifs is 1. The number of Topliss-reactive ketones (excluding diaryl/α,β-unsaturated/α-hetero) is 1. The molecule has 1 N–H and O–H groups in total. The fourth-order valence-corrected chi connectivity index (χ4v) is 2.35. The monoisotopic (exact) mass is 348 g/mol. The van der Waals surface area contributed by atoms with Crippen molar-refractivity contribution in [3.63, 3.8) is 0 Å². The standard InChI is InChI=1S/C17H13ClO6/c18-11-2-3-12(13(19)8-11)17(21)24-9-14(20)10-1-4-15-16(7-10)23-6-5-22-15/h1-4,7-8,19H,5-6,9H2. The van der Waals surface area contributed by atoms with E-state index in [1.807, 2.05) is 0 Å². The Bertz CT molecular complexity index is 802. The van der Waals surface area contributed by atoms with Crippen LogP contribution in [-0.4, -0.2) is 36.7 Å². The van der Waals surface area contributed by atoms with E-state index in [1.165, 1.54) is 18.2 Å². The maximum absolute atomic E-state index is 12.1. The summed E-state index contributed by atoms with van der Waals surface area (Å²) in [5.74, 6) is -0.460. The molecule has 1 aliphatic heterocycles. The van der Waals surface area contributed by atoms with Crippen molar-refractivity contribution < 1.29 is 28.9 Å². The average molecular weight is 349 g/mol. The van der Waals surface area contributed by atoms with Crippen LogP contribution in [0, 0.1) is 0 Å². The molecule has 124 valence electrons. The molecule has 0 atom stereocenters. The summed E-state index contributed by atoms with van der Waals surface area (Å²) in [6, 6.07) is 8.75. The van der Waals surface area contributed by atoms with Gasteiger partial charge in [-0.2, -0.15) is 0 Å². The summed E-state index contributed by atoms with van der Waals surface area (Å²) in [7, 11) is 0. The van der Waals surface area contributed by atoms with Crippen molar-refractivity contribution in [3.05, 3.63) is 52.5 Å². The molecule has 0 bridgehead atoms. The SMILES string of the molecule is O=C(COC(=O)c1ccc(Cl)cc1O)c1ccc2c(c1)OCCO2. The first-order valence-electron chi connectivity index (χ1n) is 7.13. The van der Waals surface area contributed by atoms with E-state index in [-0.39, 0.29) is 16.3 Å². The van der Waals surface area contributed by atoms with Gasteiger partial charge in [0.1, 0.15) is 24.5 Å². The second kappa shape index (κ2) is 6.80. The van der Waals surface area contributed by atoms with E-state index in [0.717, 1.165) is 0 Å². The van der Waals surface area contributed by atoms with E-state index in [0.29, 0.717) is 30.3 Å². The average Bonchev–Trinajstić information content (AvgIpc) is 2.59. The Kier molecular flexibility index (Phi) is 4.57. The largest absolute Gasteiger partial charge is 0.507 e. The zero-order valence-electron chi connectivity index (χ0n) is 12.5. The number of halogens is 1. The minimum Gasteiger partial charge on any atom is -0.507 e. The first-order valence-corrected chi connectivity index (χ1v) is 7.51. The van der Waals surface area contributed by atoms with Gasteiger partial charge in [0.15, 0.2) is 23.9 Å². The van der Waals surface area contributed by atoms with Gasteiger partial charge in [0.2, 0.25) is 0 Å². The van der Waals surface area contributed by atoms with Crippen LogP contribution in [0.1, 0.15) is 20.7 Å². The van der Waals surface area contributed by atoms with Gasteiger partial charge in [-0.1, -0.05) is 11.6 Å². The molecule has 6 nitrogen and oxygen atoms in total. The van der Waals surface area contributed by atoms with Crippen LogP contribution in [0.2, 0.25) is 5.02 Å². The Balaban J connectivity index is 1.66. The third-order valence-electron chi connectivity index (χ3n) is 3.38. The number of ketones is 1. The van der Waals surface area contributed by atoms with Crippen molar-refractivity contribution in [1.29, 1.82) is 0 Å². The predicted molar refractivity (Wildman–Crippen MR) is 85.2 cm³/mol. The number of benzene rings is 2. The van der Waals surface area contributed by atoms with Gasteiger partial charge in [-0.15, -0.1) is 0 Å². The Hall–Kier alpha value is -2.73. The van der Waals surface area contributed by atoms with Crippen molar-refractivity contribution >= 4 is 23.4 Å². The second-order valence-corrected chi connectivity index (χ2v) is 5.46. The third-order valence-corrected chi connectivity index (χ3v) is 3.61. The molecule has 1 aliphatic rings. The smallest absolute Gasteiger partial charge is 0.342 e. The highest BCUT2D eigenvalue weighted by molar-refractivity contribution is 6.30. The number of carbonyl (C=O) groups excluding carboxylic acids is 2. The quantitative estimate of drug-likeness (QED) is 0.676. The summed E-state index contributed by atoms with van der Waals surface area (Å²) in [5, 5.41) is 9.96. The summed E-state index contributed by atoms with van der Waals surface area (Å²) in [5.41, 5.74) is 0.279. The van der Waals surface area contributed by atoms with E-state index >= 15 is 0 Å². The Labute approximate surface area is 142 Å². The molecule has 2 aromatic carbocycles. The van der Waals surface area contributed by atoms with Gasteiger partial charge in [-0.05, 0) is 36.4 Å². The van der Waals surface area contributed by atoms with Crippen molar-refractivity contribution in [2.45, 2.75) is 0 Å². The zero-order chi connectivity index (χ0) is 17.1. The lowest BCUT2D eigenvalue weighted by Crippen LogP contribution is -2.17. The molecule has 24 heavy (non-hydrogen) atoms. The van der Waals surface area contributed by atoms with Crippen molar-refractivity contribution in [2.75, 3.05) is 19.8 Å². The molecule has 2 aromatic rings. The fourth-order valence-electron chi connectivity index (χ4n) is 2.19. The van der Waals surface area contributed by atoms with E-state index in [1.54, 1.807) is 18.2 Å². The van der Waals surface area contributed by atoms with Gasteiger partial charge in [0.25, 0.3) is 0 Å². The van der Waals surface area contributed by atoms with Crippen LogP contribution in [0.3, 0.4) is 0 Å². The molecular formula is C17H13ClO6. The number of hydrogen-bond donors (Lipinski definition) is 1. The molecule has 0 aromatic heterocycles. The number of rotatable bonds is 4. The van der Waals surface area contributed by atoms with Crippen LogP contribution in [0.15, 0.2) is 36.4 Å². The summed E-state index contributed by atoms with van der Waals surface area (Å²) < 4.78 is 15.7. The maximum atomic E-state index is 12.1. The molecule has 0 aliphatic carbocycles. The fraction of sp³-hybridized carbons (Fsp3) is 0.176. The molecule has 0 saturated heterocycles. The molecule has 7 heteroatoms. The number of carbonyl (C=O) groups is 2. The van der Waals surface area contributed by atoms with Gasteiger partial charge < -0.3 is 19.3 Å². The topological polar surface area (TPSA) is 82.1 Å². The van der Waals surface area contributed by atoms with E-state index in [4.69, 9.17) is 25.8 Å². The molecular weight excluding hydrogens is 336 g/mol. The van der Waals surface area contributed by atoms with Crippen molar-refractivity contribution in [3.8, 4) is 17.2 Å². The van der Waals surface area contributed by atoms with Gasteiger partial charge >= 0.3 is 5.97 Å². The first kappa shape index (κ1) is 16.1. The lowest BCUT2D eigenvalue weighted by Gasteiger charge is -2.18. The minimum atomic E-state index is -0.810. The lowest BCUT2D eigenvalue weighted by molar-refractivity contribution is 0.0471. The molecule has 0 spiro atoms. The highest BCUT2D eigenvalue weighted by Gasteiger charge is 2.18. The minimum absolute atomic E-state index is 0.0608. The molecule has 0 amide bonds. The van der Waals surface area contributed by atoms with Crippen LogP contribution < -0.4 is 9.47 Å². The number of hydrogen-bond acceptors (Lipinski definition) is 6. The van der Waals surface area contributed by atoms with E-state index in [9.17, 15) is 14.7 Å². The summed E-state index contributed by atoms with van der Waals surface area (Å²) in [6.45, 7) is 0.415. The summed E-state index contributed by atoms with van der Waals surface area (Å²) in [4.78, 5) is 24.1. The first-order chi connectivity index (χ1) is 11.5. The molecule has 0 fully saturated rings. The van der Waals surface area contributed by atoms with Crippen LogP contribution in [0.25, 0.3) is 0 Å². The third kappa shape index (κ3) is 3.44. The molecule has 0 unspecified atom stereocenters. The van der Waals surface area contributed by atoms with Gasteiger partial charge in [0, 0.05) is 10.6 Å². The van der Waals surface area contributed by atoms with Crippen molar-refractivity contribution in [1.82, 2.24) is 0 Å². The Morgan fingerprint density at radius 3 is 2.58 bits per heavy atom. The van der Waals surface area contributed by atoms with Crippen LogP contribution in [-0.2, 0) is 4.74 Å². The summed E-state index contributed by atoms with van der Waals surface area (Å²) >= 11 is 5.70. The molecule has 0 saturated carbocycles. The second-order valence-electron chi connectivity index (χ2n) is 5.02. The number of phenols is 1. The predicted octanol–water partition coefficient (Wildman–Crippen LogP) is 2.86. The highest BCUT2D eigenvalue weighted by atomic mass is 35.5. The molecule has 3 rings (SSSR count). The van der Waals surface area contributed by atoms with Gasteiger partial charge in [-0.25, -0.2) is 4.79 Å². The molecule has 0 radical (unpaired) electrons. The Morgan fingerprint density at radius 2 is 1.83 bits per heavy atom. The Morgan fingerprint density at radius 1 is 1.08 bits per heavy atom. The van der Waals surface area contributed by atoms with Gasteiger partial charge in [0.05, 0.1) is 0 Å². The highest BCUT2D eigenvalue weighted by Crippen LogP contribution is 2.31. The van der Waals surface area contributed by atoms with Crippen molar-refractivity contribution in [2.24, 2.45) is 0 Å². The van der Waals surface area contributed by atoms with E-state index in [2.05, 4.69) is 0 Å². The van der Waals surface area contributed by atoms with Gasteiger partial charge in [-0.3, -0.25) is 4.79 Å².